The molecule has 4 aliphatic heterocycles. The van der Waals surface area contributed by atoms with Gasteiger partial charge in [-0.1, -0.05) is 6.92 Å². The summed E-state index contributed by atoms with van der Waals surface area (Å²) in [4.78, 5) is 25.1. The zero-order valence-electron chi connectivity index (χ0n) is 14.4. The molecule has 6 aliphatic rings. The number of ether oxygens (including phenoxy) is 4. The highest BCUT2D eigenvalue weighted by Gasteiger charge is 2.87. The fraction of sp³-hybridized carbons (Fsp3) is 0.778. The van der Waals surface area contributed by atoms with Crippen molar-refractivity contribution < 1.29 is 38.7 Å². The van der Waals surface area contributed by atoms with Crippen LogP contribution in [0.25, 0.3) is 0 Å². The summed E-state index contributed by atoms with van der Waals surface area (Å²) in [6.07, 6.45) is -1.38. The minimum Gasteiger partial charge on any atom is -0.459 e. The molecular formula is C18H20O8. The SMILES string of the molecule is C[C@]12C(=O)O[C@@H]3[C@H]4O[C@@]45C(=CC(=O)O[C@@H]5[C@H](O)CO)[C@@](C)(C[C@@H]4O[C@@H]41)[C@@H]32. The highest BCUT2D eigenvalue weighted by molar-refractivity contribution is 5.87. The van der Waals surface area contributed by atoms with Gasteiger partial charge in [0.25, 0.3) is 0 Å². The Morgan fingerprint density at radius 1 is 1.27 bits per heavy atom. The van der Waals surface area contributed by atoms with Crippen LogP contribution in [-0.4, -0.2) is 71.0 Å². The van der Waals surface area contributed by atoms with E-state index in [0.29, 0.717) is 6.42 Å². The first-order valence-electron chi connectivity index (χ1n) is 9.05. The molecule has 3 saturated heterocycles. The molecule has 2 saturated carbocycles. The van der Waals surface area contributed by atoms with Crippen LogP contribution in [0.1, 0.15) is 20.3 Å². The second kappa shape index (κ2) is 4.16. The van der Waals surface area contributed by atoms with E-state index in [0.717, 1.165) is 5.57 Å². The zero-order chi connectivity index (χ0) is 18.2. The van der Waals surface area contributed by atoms with Crippen LogP contribution in [0.5, 0.6) is 0 Å². The van der Waals surface area contributed by atoms with Crippen LogP contribution in [0.3, 0.4) is 0 Å². The molecule has 1 spiro atoms. The molecular weight excluding hydrogens is 344 g/mol. The Bertz CT molecular complexity index is 792. The molecule has 8 heteroatoms. The largest absolute Gasteiger partial charge is 0.459 e. The number of fused-ring (bicyclic) bond motifs is 4. The van der Waals surface area contributed by atoms with Gasteiger partial charge in [-0.05, 0) is 18.9 Å². The van der Waals surface area contributed by atoms with E-state index in [2.05, 4.69) is 0 Å². The highest BCUT2D eigenvalue weighted by atomic mass is 16.7. The molecule has 8 nitrogen and oxygen atoms in total. The van der Waals surface area contributed by atoms with Gasteiger partial charge in [0.05, 0.1) is 12.7 Å². The summed E-state index contributed by atoms with van der Waals surface area (Å²) in [5.41, 5.74) is -1.63. The monoisotopic (exact) mass is 364 g/mol. The Labute approximate surface area is 149 Å². The predicted octanol–water partition coefficient (Wildman–Crippen LogP) is -0.932. The molecule has 0 aromatic carbocycles. The predicted molar refractivity (Wildman–Crippen MR) is 81.5 cm³/mol. The molecule has 6 rings (SSSR count). The van der Waals surface area contributed by atoms with E-state index in [-0.39, 0.29) is 24.1 Å². The molecule has 2 aliphatic carbocycles. The first-order chi connectivity index (χ1) is 12.3. The lowest BCUT2D eigenvalue weighted by molar-refractivity contribution is -0.161. The van der Waals surface area contributed by atoms with Gasteiger partial charge in [0.1, 0.15) is 29.8 Å². The van der Waals surface area contributed by atoms with Crippen molar-refractivity contribution in [2.24, 2.45) is 16.7 Å². The first kappa shape index (κ1) is 15.6. The number of aliphatic hydroxyl groups is 2. The number of aliphatic hydroxyl groups excluding tert-OH is 2. The third-order valence-electron chi connectivity index (χ3n) is 7.63. The summed E-state index contributed by atoms with van der Waals surface area (Å²) in [7, 11) is 0. The van der Waals surface area contributed by atoms with E-state index in [1.54, 1.807) is 0 Å². The standard InChI is InChI=1S/C18H20O8/c1-16-4-7-13(23-7)17(2)11(16)10(25-15(17)22)14-18(26-14)8(16)3-9(21)24-12(18)6(20)5-19/h3,6-7,10-14,19-20H,4-5H2,1-2H3/t6-,7+,10+,11-,12-,13+,14-,16-,17-,18-/m1/s1. The van der Waals surface area contributed by atoms with Gasteiger partial charge in [-0.25, -0.2) is 4.79 Å². The lowest BCUT2D eigenvalue weighted by Gasteiger charge is -2.52. The molecule has 26 heavy (non-hydrogen) atoms. The van der Waals surface area contributed by atoms with Crippen LogP contribution in [0.15, 0.2) is 11.6 Å². The first-order valence-corrected chi connectivity index (χ1v) is 9.05. The molecule has 0 aromatic heterocycles. The number of epoxide rings is 2. The molecule has 2 N–H and O–H groups in total. The second-order valence-corrected chi connectivity index (χ2v) is 8.84. The van der Waals surface area contributed by atoms with Crippen molar-refractivity contribution in [1.82, 2.24) is 0 Å². The van der Waals surface area contributed by atoms with Gasteiger partial charge in [0, 0.05) is 17.4 Å². The van der Waals surface area contributed by atoms with E-state index in [1.807, 2.05) is 13.8 Å². The van der Waals surface area contributed by atoms with Crippen molar-refractivity contribution in [2.45, 2.75) is 62.5 Å². The van der Waals surface area contributed by atoms with Gasteiger partial charge in [-0.2, -0.15) is 0 Å². The highest BCUT2D eigenvalue weighted by Crippen LogP contribution is 2.75. The zero-order valence-corrected chi connectivity index (χ0v) is 14.4. The molecule has 4 heterocycles. The van der Waals surface area contributed by atoms with E-state index >= 15 is 0 Å². The molecule has 5 fully saturated rings. The van der Waals surface area contributed by atoms with Gasteiger partial charge in [-0.3, -0.25) is 4.79 Å². The third-order valence-corrected chi connectivity index (χ3v) is 7.63. The Kier molecular flexibility index (Phi) is 2.49. The Hall–Kier alpha value is -1.48. The van der Waals surface area contributed by atoms with Crippen LogP contribution < -0.4 is 0 Å². The number of carbonyl (C=O) groups is 2. The number of cyclic esters (lactones) is 1. The number of rotatable bonds is 2. The van der Waals surface area contributed by atoms with Crippen molar-refractivity contribution in [2.75, 3.05) is 6.61 Å². The summed E-state index contributed by atoms with van der Waals surface area (Å²) >= 11 is 0. The Balaban J connectivity index is 1.56. The molecule has 0 unspecified atom stereocenters. The average Bonchev–Trinajstić information content (AvgIpc) is 3.48. The smallest absolute Gasteiger partial charge is 0.331 e. The van der Waals surface area contributed by atoms with Gasteiger partial charge in [-0.15, -0.1) is 0 Å². The van der Waals surface area contributed by atoms with Crippen LogP contribution in [0, 0.1) is 16.7 Å². The third kappa shape index (κ3) is 1.39. The van der Waals surface area contributed by atoms with Crippen molar-refractivity contribution in [3.63, 3.8) is 0 Å². The molecule has 0 radical (unpaired) electrons. The van der Waals surface area contributed by atoms with Gasteiger partial charge in [0.15, 0.2) is 11.7 Å². The van der Waals surface area contributed by atoms with Crippen molar-refractivity contribution >= 4 is 11.9 Å². The van der Waals surface area contributed by atoms with Crippen LogP contribution in [0.4, 0.5) is 0 Å². The molecule has 0 aromatic rings. The van der Waals surface area contributed by atoms with Crippen molar-refractivity contribution in [1.29, 1.82) is 0 Å². The van der Waals surface area contributed by atoms with Crippen LogP contribution >= 0.6 is 0 Å². The molecule has 0 bridgehead atoms. The number of carbonyl (C=O) groups excluding carboxylic acids is 2. The number of hydrogen-bond donors (Lipinski definition) is 2. The summed E-state index contributed by atoms with van der Waals surface area (Å²) < 4.78 is 23.0. The molecule has 0 amide bonds. The van der Waals surface area contributed by atoms with E-state index in [9.17, 15) is 19.8 Å². The van der Waals surface area contributed by atoms with Gasteiger partial charge < -0.3 is 29.2 Å². The number of hydrogen-bond acceptors (Lipinski definition) is 8. The maximum absolute atomic E-state index is 12.8. The van der Waals surface area contributed by atoms with Crippen LogP contribution in [-0.2, 0) is 28.5 Å². The number of esters is 2. The average molecular weight is 364 g/mol. The lowest BCUT2D eigenvalue weighted by Crippen LogP contribution is -2.63. The van der Waals surface area contributed by atoms with Gasteiger partial charge in [0.2, 0.25) is 0 Å². The minimum absolute atomic E-state index is 0.0556. The molecule has 10 atom stereocenters. The van der Waals surface area contributed by atoms with E-state index < -0.39 is 53.4 Å². The fourth-order valence-corrected chi connectivity index (χ4v) is 6.62. The Morgan fingerprint density at radius 3 is 2.77 bits per heavy atom. The van der Waals surface area contributed by atoms with Crippen molar-refractivity contribution in [3.05, 3.63) is 11.6 Å². The van der Waals surface area contributed by atoms with E-state index in [4.69, 9.17) is 18.9 Å². The van der Waals surface area contributed by atoms with Gasteiger partial charge >= 0.3 is 11.9 Å². The summed E-state index contributed by atoms with van der Waals surface area (Å²) in [5, 5.41) is 19.7. The fourth-order valence-electron chi connectivity index (χ4n) is 6.62. The normalized spacial score (nSPS) is 59.0. The minimum atomic E-state index is -1.27. The maximum Gasteiger partial charge on any atom is 0.331 e. The summed E-state index contributed by atoms with van der Waals surface area (Å²) in [5.74, 6) is -1.03. The lowest BCUT2D eigenvalue weighted by atomic mass is 9.47. The van der Waals surface area contributed by atoms with Crippen LogP contribution in [0.2, 0.25) is 0 Å². The Morgan fingerprint density at radius 2 is 2.04 bits per heavy atom. The molecule has 140 valence electrons. The summed E-state index contributed by atoms with van der Waals surface area (Å²) in [6, 6.07) is 0. The quantitative estimate of drug-likeness (QED) is 0.477. The van der Waals surface area contributed by atoms with E-state index in [1.165, 1.54) is 6.08 Å². The topological polar surface area (TPSA) is 118 Å². The second-order valence-electron chi connectivity index (χ2n) is 8.84. The maximum atomic E-state index is 12.8. The van der Waals surface area contributed by atoms with Crippen molar-refractivity contribution in [3.8, 4) is 0 Å². The summed E-state index contributed by atoms with van der Waals surface area (Å²) in [6.45, 7) is 3.35.